The monoisotopic (exact) mass is 503 g/mol. The van der Waals surface area contributed by atoms with Crippen molar-refractivity contribution in [1.29, 1.82) is 0 Å². The summed E-state index contributed by atoms with van der Waals surface area (Å²) in [6.07, 6.45) is 5.64. The molecule has 4 rings (SSSR count). The number of rotatable bonds is 8. The topological polar surface area (TPSA) is 108 Å². The van der Waals surface area contributed by atoms with Crippen molar-refractivity contribution >= 4 is 40.4 Å². The molecule has 37 heavy (non-hydrogen) atoms. The van der Waals surface area contributed by atoms with Crippen molar-refractivity contribution in [2.45, 2.75) is 45.8 Å². The van der Waals surface area contributed by atoms with Gasteiger partial charge in [-0.15, -0.1) is 0 Å². The lowest BCUT2D eigenvalue weighted by atomic mass is 10.1. The molecule has 0 fully saturated rings. The Morgan fingerprint density at radius 1 is 1.16 bits per heavy atom. The van der Waals surface area contributed by atoms with Crippen LogP contribution in [0.5, 0.6) is 0 Å². The summed E-state index contributed by atoms with van der Waals surface area (Å²) in [6, 6.07) is 15.2. The van der Waals surface area contributed by atoms with Crippen LogP contribution in [0.3, 0.4) is 0 Å². The van der Waals surface area contributed by atoms with Gasteiger partial charge in [0, 0.05) is 47.7 Å². The largest absolute Gasteiger partial charge is 0.444 e. The van der Waals surface area contributed by atoms with Gasteiger partial charge in [0.05, 0.1) is 12.6 Å². The molecule has 2 heterocycles. The second kappa shape index (κ2) is 11.3. The number of anilines is 1. The van der Waals surface area contributed by atoms with E-state index in [0.717, 1.165) is 27.6 Å². The number of carbonyl (C=O) groups is 2. The van der Waals surface area contributed by atoms with Crippen molar-refractivity contribution in [3.63, 3.8) is 0 Å². The van der Waals surface area contributed by atoms with Gasteiger partial charge in [-0.25, -0.2) is 9.86 Å². The first-order chi connectivity index (χ1) is 17.7. The highest BCUT2D eigenvalue weighted by molar-refractivity contribution is 6.10. The maximum atomic E-state index is 12.6. The van der Waals surface area contributed by atoms with Crippen molar-refractivity contribution in [2.24, 2.45) is 4.99 Å². The van der Waals surface area contributed by atoms with Crippen LogP contribution in [-0.2, 0) is 20.8 Å². The van der Waals surface area contributed by atoms with Gasteiger partial charge in [0.25, 0.3) is 0 Å². The number of hydroxylamine groups is 2. The molecular weight excluding hydrogens is 470 g/mol. The minimum absolute atomic E-state index is 0.132. The molecule has 3 aromatic rings. The molecule has 1 aromatic heterocycles. The van der Waals surface area contributed by atoms with Crippen molar-refractivity contribution in [3.8, 4) is 0 Å². The lowest BCUT2D eigenvalue weighted by molar-refractivity contribution is -0.125. The number of carbonyl (C=O) groups excluding carboxylic acids is 2. The summed E-state index contributed by atoms with van der Waals surface area (Å²) in [4.78, 5) is 37.8. The standard InChI is InChI=1S/C28H33N5O4/c1-19(34)31-23-9-7-8-20(12-23)22-14-29-18-33(16-22)36-17-24(32-27(35)37-28(2,3)4)13-21-15-30-26-11-6-5-10-25(21)26/h5-12,14-16,24,30H,13,17-18H2,1-4H3,(H,31,34)(H,32,35)/t24-/m0/s1. The molecule has 0 aliphatic carbocycles. The second-order valence-corrected chi connectivity index (χ2v) is 9.92. The number of hydrogen-bond acceptors (Lipinski definition) is 6. The molecule has 0 saturated heterocycles. The zero-order valence-electron chi connectivity index (χ0n) is 21.6. The first kappa shape index (κ1) is 26.0. The molecule has 0 radical (unpaired) electrons. The summed E-state index contributed by atoms with van der Waals surface area (Å²) in [7, 11) is 0. The number of amides is 2. The lowest BCUT2D eigenvalue weighted by Crippen LogP contribution is -2.43. The number of nitrogens with zero attached hydrogens (tertiary/aromatic N) is 2. The van der Waals surface area contributed by atoms with Crippen molar-refractivity contribution in [3.05, 3.63) is 72.1 Å². The quantitative estimate of drug-likeness (QED) is 0.406. The number of ether oxygens (including phenoxy) is 1. The number of aromatic nitrogens is 1. The smallest absolute Gasteiger partial charge is 0.407 e. The van der Waals surface area contributed by atoms with Gasteiger partial charge in [-0.2, -0.15) is 0 Å². The molecule has 0 saturated carbocycles. The van der Waals surface area contributed by atoms with Gasteiger partial charge in [-0.3, -0.25) is 14.6 Å². The molecule has 1 aliphatic rings. The Labute approximate surface area is 216 Å². The number of H-pyrrole nitrogens is 1. The van der Waals surface area contributed by atoms with Crippen LogP contribution in [0.4, 0.5) is 10.5 Å². The van der Waals surface area contributed by atoms with Gasteiger partial charge in [0.15, 0.2) is 0 Å². The molecule has 9 heteroatoms. The number of alkyl carbamates (subject to hydrolysis) is 1. The van der Waals surface area contributed by atoms with E-state index in [1.165, 1.54) is 6.92 Å². The molecule has 3 N–H and O–H groups in total. The first-order valence-electron chi connectivity index (χ1n) is 12.2. The molecule has 1 atom stereocenters. The number of aromatic amines is 1. The maximum Gasteiger partial charge on any atom is 0.407 e. The van der Waals surface area contributed by atoms with E-state index in [-0.39, 0.29) is 18.6 Å². The third-order valence-electron chi connectivity index (χ3n) is 5.55. The van der Waals surface area contributed by atoms with Gasteiger partial charge in [-0.05, 0) is 56.5 Å². The average Bonchev–Trinajstić information content (AvgIpc) is 3.24. The Balaban J connectivity index is 1.47. The number of hydrogen-bond donors (Lipinski definition) is 3. The molecule has 0 spiro atoms. The van der Waals surface area contributed by atoms with Crippen LogP contribution in [0.1, 0.15) is 38.8 Å². The van der Waals surface area contributed by atoms with Crippen LogP contribution in [0.2, 0.25) is 0 Å². The van der Waals surface area contributed by atoms with E-state index in [2.05, 4.69) is 26.7 Å². The van der Waals surface area contributed by atoms with Crippen molar-refractivity contribution in [1.82, 2.24) is 15.4 Å². The summed E-state index contributed by atoms with van der Waals surface area (Å²) in [6.45, 7) is 7.50. The van der Waals surface area contributed by atoms with Gasteiger partial charge in [-0.1, -0.05) is 30.3 Å². The SMILES string of the molecule is CC(=O)Nc1cccc(C2=CN(OC[C@H](Cc3c[nH]c4ccccc34)NC(=O)OC(C)(C)C)CN=C2)c1. The fourth-order valence-electron chi connectivity index (χ4n) is 4.03. The lowest BCUT2D eigenvalue weighted by Gasteiger charge is -2.27. The normalized spacial score (nSPS) is 14.3. The van der Waals surface area contributed by atoms with Crippen molar-refractivity contribution in [2.75, 3.05) is 18.6 Å². The maximum absolute atomic E-state index is 12.6. The molecule has 194 valence electrons. The van der Waals surface area contributed by atoms with Crippen LogP contribution in [0, 0.1) is 0 Å². The molecule has 2 aromatic carbocycles. The van der Waals surface area contributed by atoms with Gasteiger partial charge in [0.2, 0.25) is 5.91 Å². The zero-order chi connectivity index (χ0) is 26.4. The molecular formula is C28H33N5O4. The predicted octanol–water partition coefficient (Wildman–Crippen LogP) is 4.88. The fourth-order valence-corrected chi connectivity index (χ4v) is 4.03. The minimum atomic E-state index is -0.610. The molecule has 2 amide bonds. The Morgan fingerprint density at radius 3 is 2.76 bits per heavy atom. The highest BCUT2D eigenvalue weighted by Crippen LogP contribution is 2.22. The van der Waals surface area contributed by atoms with Crippen molar-refractivity contribution < 1.29 is 19.2 Å². The number of para-hydroxylation sites is 1. The number of benzene rings is 2. The Morgan fingerprint density at radius 2 is 1.97 bits per heavy atom. The number of aliphatic imine (C=N–C) groups is 1. The number of fused-ring (bicyclic) bond motifs is 1. The third kappa shape index (κ3) is 7.44. The molecule has 0 bridgehead atoms. The third-order valence-corrected chi connectivity index (χ3v) is 5.55. The molecule has 0 unspecified atom stereocenters. The van der Waals surface area contributed by atoms with E-state index in [4.69, 9.17) is 9.57 Å². The average molecular weight is 504 g/mol. The highest BCUT2D eigenvalue weighted by atomic mass is 16.7. The van der Waals surface area contributed by atoms with E-state index < -0.39 is 11.7 Å². The fraction of sp³-hybridized carbons (Fsp3) is 0.321. The van der Waals surface area contributed by atoms with Crippen LogP contribution >= 0.6 is 0 Å². The first-order valence-corrected chi connectivity index (χ1v) is 12.2. The van der Waals surface area contributed by atoms with Gasteiger partial charge in [0.1, 0.15) is 12.3 Å². The molecule has 9 nitrogen and oxygen atoms in total. The van der Waals surface area contributed by atoms with Crippen LogP contribution in [-0.4, -0.2) is 53.2 Å². The Kier molecular flexibility index (Phi) is 7.93. The second-order valence-electron chi connectivity index (χ2n) is 9.92. The Bertz CT molecular complexity index is 1320. The number of nitrogens with one attached hydrogen (secondary N) is 3. The summed E-state index contributed by atoms with van der Waals surface area (Å²) >= 11 is 0. The van der Waals surface area contributed by atoms with Crippen LogP contribution < -0.4 is 10.6 Å². The van der Waals surface area contributed by atoms with E-state index >= 15 is 0 Å². The minimum Gasteiger partial charge on any atom is -0.444 e. The van der Waals surface area contributed by atoms with Gasteiger partial charge >= 0.3 is 6.09 Å². The van der Waals surface area contributed by atoms with E-state index in [1.807, 2.05) is 75.6 Å². The molecule has 1 aliphatic heterocycles. The van der Waals surface area contributed by atoms with E-state index in [1.54, 1.807) is 11.3 Å². The summed E-state index contributed by atoms with van der Waals surface area (Å²) in [5.74, 6) is -0.132. The van der Waals surface area contributed by atoms with Gasteiger partial charge < -0.3 is 20.4 Å². The zero-order valence-corrected chi connectivity index (χ0v) is 21.6. The van der Waals surface area contributed by atoms with Crippen LogP contribution in [0.15, 0.2) is 65.9 Å². The highest BCUT2D eigenvalue weighted by Gasteiger charge is 2.22. The Hall–Kier alpha value is -4.11. The van der Waals surface area contributed by atoms with E-state index in [9.17, 15) is 9.59 Å². The predicted molar refractivity (Wildman–Crippen MR) is 145 cm³/mol. The van der Waals surface area contributed by atoms with E-state index in [0.29, 0.717) is 18.8 Å². The summed E-state index contributed by atoms with van der Waals surface area (Å²) in [5.41, 5.74) is 3.94. The summed E-state index contributed by atoms with van der Waals surface area (Å²) < 4.78 is 5.49. The summed E-state index contributed by atoms with van der Waals surface area (Å²) in [5, 5.41) is 8.49. The number of allylic oxidation sites excluding steroid dienone is 1. The van der Waals surface area contributed by atoms with Crippen LogP contribution in [0.25, 0.3) is 16.5 Å².